The Hall–Kier alpha value is -5.09. The minimum absolute atomic E-state index is 0.0669. The highest BCUT2D eigenvalue weighted by Gasteiger charge is 2.46. The number of anilines is 1. The van der Waals surface area contributed by atoms with Gasteiger partial charge in [0, 0.05) is 53.1 Å². The second-order valence-electron chi connectivity index (χ2n) is 13.4. The molecule has 1 saturated heterocycles. The molecule has 0 bridgehead atoms. The van der Waals surface area contributed by atoms with Crippen LogP contribution in [0, 0.1) is 0 Å². The van der Waals surface area contributed by atoms with Gasteiger partial charge in [-0.1, -0.05) is 18.9 Å². The van der Waals surface area contributed by atoms with E-state index in [1.165, 1.54) is 30.3 Å². The van der Waals surface area contributed by atoms with E-state index in [0.717, 1.165) is 16.8 Å². The summed E-state index contributed by atoms with van der Waals surface area (Å²) in [5.74, 6) is -1.08. The zero-order valence-corrected chi connectivity index (χ0v) is 33.6. The number of H-pyrrole nitrogens is 1. The molecule has 1 aromatic heterocycles. The van der Waals surface area contributed by atoms with Crippen molar-refractivity contribution in [3.05, 3.63) is 103 Å². The van der Waals surface area contributed by atoms with Crippen molar-refractivity contribution in [2.45, 2.75) is 50.2 Å². The SMILES string of the molecule is O=C(O)c1cc(NC(=S)NCCCCCCOP(=O)(O)OP(=O)(O)OC[C@H]2O[C@@H](n3ccc(=O)[nH]c3=O)C(O)[C@H]2O)ccc1-c1c2ccc(=O)cc-2oc2cc(O)ccc12. The van der Waals surface area contributed by atoms with Crippen LogP contribution in [0.5, 0.6) is 5.75 Å². The lowest BCUT2D eigenvalue weighted by Crippen LogP contribution is -2.37. The fraction of sp³-hybridized carbons (Fsp3) is 0.306. The highest BCUT2D eigenvalue weighted by molar-refractivity contribution is 7.80. The van der Waals surface area contributed by atoms with E-state index in [0.29, 0.717) is 53.6 Å². The molecule has 320 valence electrons. The molecule has 6 rings (SSSR count). The average molecular weight is 893 g/mol. The second kappa shape index (κ2) is 18.7. The van der Waals surface area contributed by atoms with Gasteiger partial charge in [-0.15, -0.1) is 0 Å². The van der Waals surface area contributed by atoms with Gasteiger partial charge in [-0.3, -0.25) is 28.2 Å². The number of hydrogen-bond donors (Lipinski definition) is 9. The summed E-state index contributed by atoms with van der Waals surface area (Å²) in [7, 11) is -10.4. The molecule has 1 fully saturated rings. The molecule has 3 aromatic rings. The molecule has 2 aliphatic heterocycles. The van der Waals surface area contributed by atoms with Crippen molar-refractivity contribution in [1.82, 2.24) is 14.9 Å². The number of phosphoric acid groups is 2. The standard InChI is InChI=1S/C36H38N4O17P2S/c41-20-6-9-23-26(16-20)55-27-17-21(42)7-10-24(27)30(23)22-8-5-19(15-25(22)34(46)47)38-35(60)37-12-3-1-2-4-14-53-58(49,50)57-59(51,52)54-18-28-31(44)32(45)33(56-28)40-13-11-29(43)39-36(40)48/h5-11,13,15-17,28,31-33,41,44-45H,1-4,12,14,18H2,(H,46,47)(H,49,50)(H,51,52)(H2,37,38,60)(H,39,43,48)/t28-,31+,32?,33-/m1/s1. The van der Waals surface area contributed by atoms with Gasteiger partial charge >= 0.3 is 27.3 Å². The number of aromatic nitrogens is 2. The van der Waals surface area contributed by atoms with E-state index in [-0.39, 0.29) is 46.2 Å². The van der Waals surface area contributed by atoms with Gasteiger partial charge in [0.15, 0.2) is 16.8 Å². The zero-order valence-electron chi connectivity index (χ0n) is 31.0. The number of ether oxygens (including phenoxy) is 1. The van der Waals surface area contributed by atoms with Gasteiger partial charge in [0.05, 0.1) is 18.8 Å². The summed E-state index contributed by atoms with van der Waals surface area (Å²) in [6.45, 7) is -0.841. The summed E-state index contributed by atoms with van der Waals surface area (Å²) >= 11 is 5.39. The summed E-state index contributed by atoms with van der Waals surface area (Å²) in [6.07, 6.45) is -3.47. The van der Waals surface area contributed by atoms with Crippen molar-refractivity contribution >= 4 is 55.6 Å². The normalized spacial score (nSPS) is 19.8. The van der Waals surface area contributed by atoms with Crippen molar-refractivity contribution < 1.29 is 66.6 Å². The Morgan fingerprint density at radius 2 is 1.63 bits per heavy atom. The first-order valence-electron chi connectivity index (χ1n) is 18.0. The number of phenols is 1. The third-order valence-corrected chi connectivity index (χ3v) is 12.0. The highest BCUT2D eigenvalue weighted by atomic mass is 32.1. The van der Waals surface area contributed by atoms with E-state index in [1.807, 2.05) is 4.98 Å². The fourth-order valence-electron chi connectivity index (χ4n) is 6.37. The molecule has 1 aliphatic carbocycles. The lowest BCUT2D eigenvalue weighted by Gasteiger charge is -2.19. The quantitative estimate of drug-likeness (QED) is 0.0280. The predicted molar refractivity (Wildman–Crippen MR) is 216 cm³/mol. The molecule has 9 N–H and O–H groups in total. The Balaban J connectivity index is 0.927. The fourth-order valence-corrected chi connectivity index (χ4v) is 8.71. The number of benzene rings is 3. The number of thiocarbonyl (C=S) groups is 1. The third-order valence-electron chi connectivity index (χ3n) is 9.14. The van der Waals surface area contributed by atoms with Crippen LogP contribution in [0.3, 0.4) is 0 Å². The first kappa shape index (κ1) is 44.5. The van der Waals surface area contributed by atoms with Crippen molar-refractivity contribution in [1.29, 1.82) is 0 Å². The molecule has 3 heterocycles. The summed E-state index contributed by atoms with van der Waals surface area (Å²) in [6, 6.07) is 14.2. The Bertz CT molecular complexity index is 2650. The number of hydrogen-bond acceptors (Lipinski definition) is 15. The Labute approximate surface area is 343 Å². The number of nitrogens with zero attached hydrogens (tertiary/aromatic N) is 1. The molecular weight excluding hydrogens is 854 g/mol. The number of aliphatic hydroxyl groups is 2. The first-order valence-corrected chi connectivity index (χ1v) is 21.4. The first-order chi connectivity index (χ1) is 28.4. The molecule has 3 unspecified atom stereocenters. The number of nitrogens with one attached hydrogen (secondary N) is 3. The lowest BCUT2D eigenvalue weighted by molar-refractivity contribution is -0.0543. The van der Waals surface area contributed by atoms with Crippen LogP contribution in [0.2, 0.25) is 0 Å². The van der Waals surface area contributed by atoms with E-state index < -0.39 is 64.0 Å². The van der Waals surface area contributed by atoms with Gasteiger partial charge in [-0.2, -0.15) is 4.31 Å². The Morgan fingerprint density at radius 3 is 2.38 bits per heavy atom. The predicted octanol–water partition coefficient (Wildman–Crippen LogP) is 3.24. The summed E-state index contributed by atoms with van der Waals surface area (Å²) in [5, 5.41) is 47.5. The lowest BCUT2D eigenvalue weighted by atomic mass is 9.90. The maximum atomic E-state index is 12.5. The number of aromatic hydroxyl groups is 1. The number of carbonyl (C=O) groups is 1. The molecule has 60 heavy (non-hydrogen) atoms. The van der Waals surface area contributed by atoms with Gasteiger partial charge in [0.25, 0.3) is 5.56 Å². The molecule has 21 nitrogen and oxygen atoms in total. The smallest absolute Gasteiger partial charge is 0.481 e. The molecule has 0 spiro atoms. The number of carboxylic acid groups (broad SMARTS) is 1. The van der Waals surface area contributed by atoms with Crippen molar-refractivity contribution in [2.75, 3.05) is 25.1 Å². The van der Waals surface area contributed by atoms with Crippen molar-refractivity contribution in [3.8, 4) is 28.2 Å². The zero-order chi connectivity index (χ0) is 43.4. The molecule has 24 heteroatoms. The minimum atomic E-state index is -5.27. The summed E-state index contributed by atoms with van der Waals surface area (Å²) in [4.78, 5) is 69.8. The number of fused-ring (bicyclic) bond motifs is 2. The van der Waals surface area contributed by atoms with Crippen LogP contribution >= 0.6 is 27.9 Å². The molecule has 6 atom stereocenters. The largest absolute Gasteiger partial charge is 0.508 e. The maximum absolute atomic E-state index is 12.5. The Morgan fingerprint density at radius 1 is 0.900 bits per heavy atom. The molecule has 3 aliphatic rings. The number of aromatic carboxylic acids is 1. The molecule has 2 aromatic carbocycles. The van der Waals surface area contributed by atoms with E-state index in [1.54, 1.807) is 24.3 Å². The number of phosphoric ester groups is 2. The third kappa shape index (κ3) is 10.8. The van der Waals surface area contributed by atoms with Crippen LogP contribution in [-0.2, 0) is 27.2 Å². The molecule has 0 saturated carbocycles. The molecular formula is C36H38N4O17P2S. The minimum Gasteiger partial charge on any atom is -0.508 e. The van der Waals surface area contributed by atoms with Crippen LogP contribution in [0.4, 0.5) is 5.69 Å². The number of rotatable bonds is 17. The van der Waals surface area contributed by atoms with E-state index in [4.69, 9.17) is 25.9 Å². The topological polar surface area (TPSA) is 319 Å². The second-order valence-corrected chi connectivity index (χ2v) is 16.8. The van der Waals surface area contributed by atoms with E-state index >= 15 is 0 Å². The van der Waals surface area contributed by atoms with Gasteiger partial charge in [-0.25, -0.2) is 18.7 Å². The maximum Gasteiger partial charge on any atom is 0.481 e. The van der Waals surface area contributed by atoms with Crippen LogP contribution in [-0.4, -0.2) is 88.9 Å². The van der Waals surface area contributed by atoms with Crippen LogP contribution in [0.25, 0.3) is 33.4 Å². The average Bonchev–Trinajstić information content (AvgIpc) is 3.45. The number of carboxylic acids is 1. The number of phenolic OH excluding ortho intramolecular Hbond substituents is 1. The van der Waals surface area contributed by atoms with Gasteiger partial charge in [0.1, 0.15) is 35.4 Å². The van der Waals surface area contributed by atoms with Gasteiger partial charge in [-0.05, 0) is 67.0 Å². The molecule has 0 radical (unpaired) electrons. The summed E-state index contributed by atoms with van der Waals surface area (Å²) in [5.41, 5.74) is -0.0944. The summed E-state index contributed by atoms with van der Waals surface area (Å²) < 4.78 is 50.4. The van der Waals surface area contributed by atoms with E-state index in [2.05, 4.69) is 19.5 Å². The van der Waals surface area contributed by atoms with Gasteiger partial charge < -0.3 is 50.0 Å². The molecule has 0 amide bonds. The number of aliphatic hydroxyl groups excluding tert-OH is 2. The van der Waals surface area contributed by atoms with Crippen LogP contribution in [0.15, 0.2) is 85.7 Å². The number of aromatic amines is 1. The van der Waals surface area contributed by atoms with E-state index in [9.17, 15) is 58.5 Å². The number of unbranched alkanes of at least 4 members (excludes halogenated alkanes) is 3. The highest BCUT2D eigenvalue weighted by Crippen LogP contribution is 2.60. The van der Waals surface area contributed by atoms with Crippen molar-refractivity contribution in [3.63, 3.8) is 0 Å². The van der Waals surface area contributed by atoms with Crippen LogP contribution < -0.4 is 27.3 Å². The Kier molecular flexibility index (Phi) is 13.8. The monoisotopic (exact) mass is 892 g/mol. The van der Waals surface area contributed by atoms with Gasteiger partial charge in [0.2, 0.25) is 0 Å². The van der Waals surface area contributed by atoms with Crippen LogP contribution in [0.1, 0.15) is 42.3 Å². The van der Waals surface area contributed by atoms with Crippen molar-refractivity contribution in [2.24, 2.45) is 0 Å².